The van der Waals surface area contributed by atoms with Gasteiger partial charge in [0.15, 0.2) is 0 Å². The Hall–Kier alpha value is -1.24. The summed E-state index contributed by atoms with van der Waals surface area (Å²) in [5, 5.41) is 16.3. The molecule has 0 fully saturated rings. The van der Waals surface area contributed by atoms with Crippen molar-refractivity contribution in [1.82, 2.24) is 5.32 Å². The van der Waals surface area contributed by atoms with Crippen LogP contribution in [-0.4, -0.2) is 20.8 Å². The van der Waals surface area contributed by atoms with Gasteiger partial charge in [0.2, 0.25) is 9.70 Å². The second-order valence-corrected chi connectivity index (χ2v) is 9.44. The van der Waals surface area contributed by atoms with E-state index in [1.165, 1.54) is 62.8 Å². The van der Waals surface area contributed by atoms with E-state index in [1.807, 2.05) is 0 Å². The van der Waals surface area contributed by atoms with Gasteiger partial charge in [-0.15, -0.1) is 0 Å². The first kappa shape index (κ1) is 25.8. The molecule has 1 atom stereocenters. The molecular weight excluding hydrogens is 437 g/mol. The number of carbonyl (C=O) groups excluding carboxylic acids is 1. The zero-order valence-corrected chi connectivity index (χ0v) is 19.0. The molecule has 0 radical (unpaired) electrons. The molecule has 0 saturated heterocycles. The Labute approximate surface area is 187 Å². The van der Waals surface area contributed by atoms with Crippen LogP contribution in [0.2, 0.25) is 0 Å². The van der Waals surface area contributed by atoms with Crippen LogP contribution < -0.4 is 10.6 Å². The Morgan fingerprint density at radius 2 is 1.52 bits per heavy atom. The van der Waals surface area contributed by atoms with E-state index in [2.05, 4.69) is 17.6 Å². The summed E-state index contributed by atoms with van der Waals surface area (Å²) in [6, 6.07) is 5.66. The Bertz CT molecular complexity index is 622. The molecule has 0 spiro atoms. The molecule has 0 aliphatic heterocycles. The smallest absolute Gasteiger partial charge is 0.269 e. The maximum absolute atomic E-state index is 12.2. The lowest BCUT2D eigenvalue weighted by Gasteiger charge is -2.27. The minimum Gasteiger partial charge on any atom is -0.362 e. The molecule has 1 rings (SSSR count). The summed E-state index contributed by atoms with van der Waals surface area (Å²) < 4.78 is -1.78. The first-order valence-electron chi connectivity index (χ1n) is 10.1. The fraction of sp³-hybridized carbons (Fsp3) is 0.650. The Morgan fingerprint density at radius 1 is 1.00 bits per heavy atom. The largest absolute Gasteiger partial charge is 0.362 e. The predicted molar refractivity (Wildman–Crippen MR) is 121 cm³/mol. The number of anilines is 1. The van der Waals surface area contributed by atoms with Crippen molar-refractivity contribution in [2.24, 2.45) is 0 Å². The number of nitrogens with one attached hydrogen (secondary N) is 2. The third-order valence-corrected chi connectivity index (χ3v) is 5.18. The molecule has 0 saturated carbocycles. The molecule has 164 valence electrons. The predicted octanol–water partition coefficient (Wildman–Crippen LogP) is 6.74. The number of nitro benzene ring substituents is 1. The highest BCUT2D eigenvalue weighted by Crippen LogP contribution is 2.31. The van der Waals surface area contributed by atoms with Gasteiger partial charge in [-0.05, 0) is 18.6 Å². The molecule has 0 bridgehead atoms. The van der Waals surface area contributed by atoms with Crippen LogP contribution in [0.4, 0.5) is 11.4 Å². The van der Waals surface area contributed by atoms with Gasteiger partial charge in [0.25, 0.3) is 5.69 Å². The molecular formula is C20H30Cl3N3O3. The van der Waals surface area contributed by atoms with E-state index >= 15 is 0 Å². The van der Waals surface area contributed by atoms with Crippen molar-refractivity contribution in [2.75, 3.05) is 5.32 Å². The molecule has 0 aromatic heterocycles. The number of non-ortho nitro benzene ring substituents is 1. The van der Waals surface area contributed by atoms with Gasteiger partial charge in [-0.25, -0.2) is 0 Å². The van der Waals surface area contributed by atoms with Gasteiger partial charge in [0, 0.05) is 24.2 Å². The number of hydrogen-bond donors (Lipinski definition) is 2. The summed E-state index contributed by atoms with van der Waals surface area (Å²) in [5.41, 5.74) is 0.450. The highest BCUT2D eigenvalue weighted by atomic mass is 35.6. The van der Waals surface area contributed by atoms with Crippen molar-refractivity contribution in [3.8, 4) is 0 Å². The molecule has 6 nitrogen and oxygen atoms in total. The van der Waals surface area contributed by atoms with Crippen molar-refractivity contribution < 1.29 is 9.72 Å². The lowest BCUT2D eigenvalue weighted by atomic mass is 10.1. The van der Waals surface area contributed by atoms with E-state index in [9.17, 15) is 14.9 Å². The average molecular weight is 467 g/mol. The number of alkyl halides is 3. The number of nitrogens with zero attached hydrogens (tertiary/aromatic N) is 1. The molecule has 1 aromatic carbocycles. The average Bonchev–Trinajstić information content (AvgIpc) is 2.66. The third kappa shape index (κ3) is 11.5. The molecule has 29 heavy (non-hydrogen) atoms. The fourth-order valence-corrected chi connectivity index (χ4v) is 3.20. The lowest BCUT2D eigenvalue weighted by Crippen LogP contribution is -2.49. The van der Waals surface area contributed by atoms with Crippen LogP contribution in [-0.2, 0) is 4.79 Å². The zero-order chi connectivity index (χ0) is 21.7. The Balaban J connectivity index is 2.37. The van der Waals surface area contributed by atoms with Gasteiger partial charge >= 0.3 is 0 Å². The van der Waals surface area contributed by atoms with Crippen molar-refractivity contribution in [3.05, 3.63) is 34.4 Å². The maximum atomic E-state index is 12.2. The summed E-state index contributed by atoms with van der Waals surface area (Å²) in [7, 11) is 0. The minimum atomic E-state index is -1.78. The monoisotopic (exact) mass is 465 g/mol. The van der Waals surface area contributed by atoms with Crippen molar-refractivity contribution >= 4 is 52.1 Å². The normalized spacial score (nSPS) is 12.4. The van der Waals surface area contributed by atoms with Gasteiger partial charge in [-0.3, -0.25) is 14.9 Å². The highest BCUT2D eigenvalue weighted by Gasteiger charge is 2.34. The summed E-state index contributed by atoms with van der Waals surface area (Å²) >= 11 is 17.9. The number of halogens is 3. The third-order valence-electron chi connectivity index (χ3n) is 4.53. The highest BCUT2D eigenvalue weighted by molar-refractivity contribution is 6.68. The molecule has 0 heterocycles. The summed E-state index contributed by atoms with van der Waals surface area (Å²) in [6.45, 7) is 2.21. The molecule has 0 aliphatic carbocycles. The van der Waals surface area contributed by atoms with E-state index in [-0.39, 0.29) is 11.6 Å². The van der Waals surface area contributed by atoms with Gasteiger partial charge < -0.3 is 10.6 Å². The van der Waals surface area contributed by atoms with Gasteiger partial charge in [0.05, 0.1) is 4.92 Å². The van der Waals surface area contributed by atoms with Crippen LogP contribution in [0.5, 0.6) is 0 Å². The first-order chi connectivity index (χ1) is 13.7. The van der Waals surface area contributed by atoms with E-state index in [1.54, 1.807) is 0 Å². The first-order valence-corrected chi connectivity index (χ1v) is 11.2. The van der Waals surface area contributed by atoms with Gasteiger partial charge in [-0.1, -0.05) is 93.1 Å². The molecule has 2 N–H and O–H groups in total. The van der Waals surface area contributed by atoms with Crippen LogP contribution in [0.25, 0.3) is 0 Å². The topological polar surface area (TPSA) is 84.3 Å². The number of carbonyl (C=O) groups is 1. The summed E-state index contributed by atoms with van der Waals surface area (Å²) in [4.78, 5) is 22.5. The Kier molecular flexibility index (Phi) is 12.4. The summed E-state index contributed by atoms with van der Waals surface area (Å²) in [5.74, 6) is -0.210. The Morgan fingerprint density at radius 3 is 2.00 bits per heavy atom. The van der Waals surface area contributed by atoms with Crippen molar-refractivity contribution in [3.63, 3.8) is 0 Å². The maximum Gasteiger partial charge on any atom is 0.269 e. The van der Waals surface area contributed by atoms with Crippen LogP contribution in [0.3, 0.4) is 0 Å². The molecule has 1 amide bonds. The number of hydrogen-bond acceptors (Lipinski definition) is 4. The van der Waals surface area contributed by atoms with Crippen LogP contribution >= 0.6 is 34.8 Å². The van der Waals surface area contributed by atoms with E-state index < -0.39 is 14.9 Å². The fourth-order valence-electron chi connectivity index (χ4n) is 2.88. The number of benzene rings is 1. The van der Waals surface area contributed by atoms with Crippen LogP contribution in [0.1, 0.15) is 71.1 Å². The second kappa shape index (κ2) is 13.9. The second-order valence-electron chi connectivity index (χ2n) is 7.07. The van der Waals surface area contributed by atoms with Gasteiger partial charge in [-0.2, -0.15) is 0 Å². The standard InChI is InChI=1S/C20H30Cl3N3O3/c1-2-3-4-5-6-7-8-9-10-11-18(27)25-19(20(21,22)23)24-16-12-14-17(15-13-16)26(28)29/h12-15,19,24H,2-11H2,1H3,(H,25,27). The number of unbranched alkanes of at least 4 members (excludes halogenated alkanes) is 8. The van der Waals surface area contributed by atoms with E-state index in [0.717, 1.165) is 19.3 Å². The van der Waals surface area contributed by atoms with Crippen LogP contribution in [0, 0.1) is 10.1 Å². The summed E-state index contributed by atoms with van der Waals surface area (Å²) in [6.07, 6.45) is 9.89. The van der Waals surface area contributed by atoms with Crippen molar-refractivity contribution in [2.45, 2.75) is 81.1 Å². The number of rotatable bonds is 14. The lowest BCUT2D eigenvalue weighted by molar-refractivity contribution is -0.384. The number of amides is 1. The minimum absolute atomic E-state index is 0.0459. The van der Waals surface area contributed by atoms with Crippen molar-refractivity contribution in [1.29, 1.82) is 0 Å². The quantitative estimate of drug-likeness (QED) is 0.104. The molecule has 0 aliphatic rings. The molecule has 9 heteroatoms. The van der Waals surface area contributed by atoms with Gasteiger partial charge in [0.1, 0.15) is 6.17 Å². The van der Waals surface area contributed by atoms with Crippen LogP contribution in [0.15, 0.2) is 24.3 Å². The molecule has 1 aromatic rings. The zero-order valence-electron chi connectivity index (χ0n) is 16.8. The SMILES string of the molecule is CCCCCCCCCCCC(=O)NC(Nc1ccc([N+](=O)[O-])cc1)C(Cl)(Cl)Cl. The van der Waals surface area contributed by atoms with E-state index in [4.69, 9.17) is 34.8 Å². The number of nitro groups is 1. The molecule has 1 unspecified atom stereocenters. The van der Waals surface area contributed by atoms with E-state index in [0.29, 0.717) is 12.1 Å².